The summed E-state index contributed by atoms with van der Waals surface area (Å²) in [6, 6.07) is 20.4. The van der Waals surface area contributed by atoms with Gasteiger partial charge in [0, 0.05) is 68.9 Å². The SMILES string of the molecule is O=C(CCNC(=O)c1ccsc1)Nc1ccc(CN2CCN(Cc3ccccc3)CC2)cc1. The number of rotatable bonds is 9. The zero-order valence-electron chi connectivity index (χ0n) is 18.7. The van der Waals surface area contributed by atoms with Gasteiger partial charge in [-0.15, -0.1) is 0 Å². The number of amides is 2. The van der Waals surface area contributed by atoms with Crippen molar-refractivity contribution in [2.45, 2.75) is 19.5 Å². The van der Waals surface area contributed by atoms with Crippen molar-refractivity contribution in [3.63, 3.8) is 0 Å². The van der Waals surface area contributed by atoms with Gasteiger partial charge in [-0.3, -0.25) is 19.4 Å². The molecular weight excluding hydrogens is 432 g/mol. The van der Waals surface area contributed by atoms with Crippen molar-refractivity contribution in [2.75, 3.05) is 38.0 Å². The fraction of sp³-hybridized carbons (Fsp3) is 0.308. The summed E-state index contributed by atoms with van der Waals surface area (Å²) in [4.78, 5) is 29.1. The molecule has 4 rings (SSSR count). The molecule has 2 amide bonds. The van der Waals surface area contributed by atoms with Crippen molar-refractivity contribution in [3.05, 3.63) is 88.1 Å². The van der Waals surface area contributed by atoms with Gasteiger partial charge in [-0.05, 0) is 34.7 Å². The topological polar surface area (TPSA) is 64.7 Å². The first-order valence-electron chi connectivity index (χ1n) is 11.3. The Kier molecular flexibility index (Phi) is 8.24. The largest absolute Gasteiger partial charge is 0.351 e. The van der Waals surface area contributed by atoms with E-state index in [1.807, 2.05) is 17.5 Å². The van der Waals surface area contributed by atoms with E-state index in [2.05, 4.69) is 62.9 Å². The second kappa shape index (κ2) is 11.7. The molecule has 0 saturated carbocycles. The number of piperazine rings is 1. The van der Waals surface area contributed by atoms with E-state index in [1.54, 1.807) is 11.4 Å². The molecular formula is C26H30N4O2S. The van der Waals surface area contributed by atoms with Crippen molar-refractivity contribution in [1.29, 1.82) is 0 Å². The van der Waals surface area contributed by atoms with Crippen molar-refractivity contribution in [1.82, 2.24) is 15.1 Å². The van der Waals surface area contributed by atoms with Gasteiger partial charge in [-0.1, -0.05) is 42.5 Å². The van der Waals surface area contributed by atoms with Crippen LogP contribution < -0.4 is 10.6 Å². The standard InChI is InChI=1S/C26H30N4O2S/c31-25(10-12-27-26(32)23-11-17-33-20-23)28-24-8-6-22(7-9-24)19-30-15-13-29(14-16-30)18-21-4-2-1-3-5-21/h1-9,11,17,20H,10,12-16,18-19H2,(H,27,32)(H,28,31). The maximum atomic E-state index is 12.2. The summed E-state index contributed by atoms with van der Waals surface area (Å²) in [5.41, 5.74) is 4.02. The molecule has 0 radical (unpaired) electrons. The maximum Gasteiger partial charge on any atom is 0.252 e. The number of nitrogens with one attached hydrogen (secondary N) is 2. The molecule has 0 unspecified atom stereocenters. The Balaban J connectivity index is 1.15. The quantitative estimate of drug-likeness (QED) is 0.507. The van der Waals surface area contributed by atoms with Crippen LogP contribution in [0.5, 0.6) is 0 Å². The van der Waals surface area contributed by atoms with Crippen LogP contribution in [0.4, 0.5) is 5.69 Å². The van der Waals surface area contributed by atoms with Crippen LogP contribution in [0, 0.1) is 0 Å². The number of hydrogen-bond donors (Lipinski definition) is 2. The summed E-state index contributed by atoms with van der Waals surface area (Å²) in [5, 5.41) is 9.32. The minimum Gasteiger partial charge on any atom is -0.351 e. The molecule has 172 valence electrons. The summed E-state index contributed by atoms with van der Waals surface area (Å²) >= 11 is 1.48. The van der Waals surface area contributed by atoms with Gasteiger partial charge in [0.25, 0.3) is 5.91 Å². The van der Waals surface area contributed by atoms with Crippen LogP contribution in [0.25, 0.3) is 0 Å². The Bertz CT molecular complexity index is 1010. The maximum absolute atomic E-state index is 12.2. The molecule has 0 bridgehead atoms. The number of carbonyl (C=O) groups excluding carboxylic acids is 2. The van der Waals surface area contributed by atoms with E-state index in [4.69, 9.17) is 0 Å². The van der Waals surface area contributed by atoms with Crippen LogP contribution in [-0.4, -0.2) is 54.3 Å². The van der Waals surface area contributed by atoms with Gasteiger partial charge in [0.15, 0.2) is 0 Å². The van der Waals surface area contributed by atoms with Crippen molar-refractivity contribution >= 4 is 28.8 Å². The average Bonchev–Trinajstić information content (AvgIpc) is 3.38. The number of nitrogens with zero attached hydrogens (tertiary/aromatic N) is 2. The molecule has 0 spiro atoms. The third kappa shape index (κ3) is 7.25. The highest BCUT2D eigenvalue weighted by molar-refractivity contribution is 7.08. The molecule has 2 aromatic carbocycles. The van der Waals surface area contributed by atoms with Crippen molar-refractivity contribution in [2.24, 2.45) is 0 Å². The Labute approximate surface area is 199 Å². The van der Waals surface area contributed by atoms with Crippen LogP contribution >= 0.6 is 11.3 Å². The third-order valence-corrected chi connectivity index (χ3v) is 6.46. The monoisotopic (exact) mass is 462 g/mol. The van der Waals surface area contributed by atoms with Gasteiger partial charge < -0.3 is 10.6 Å². The van der Waals surface area contributed by atoms with Crippen LogP contribution in [-0.2, 0) is 17.9 Å². The number of hydrogen-bond acceptors (Lipinski definition) is 5. The first kappa shape index (κ1) is 23.2. The molecule has 33 heavy (non-hydrogen) atoms. The summed E-state index contributed by atoms with van der Waals surface area (Å²) < 4.78 is 0. The van der Waals surface area contributed by atoms with Gasteiger partial charge in [0.2, 0.25) is 5.91 Å². The van der Waals surface area contributed by atoms with E-state index < -0.39 is 0 Å². The lowest BCUT2D eigenvalue weighted by Crippen LogP contribution is -2.45. The van der Waals surface area contributed by atoms with Gasteiger partial charge in [0.05, 0.1) is 0 Å². The molecule has 0 aliphatic carbocycles. The van der Waals surface area contributed by atoms with E-state index in [0.717, 1.165) is 45.0 Å². The smallest absolute Gasteiger partial charge is 0.252 e. The highest BCUT2D eigenvalue weighted by atomic mass is 32.1. The Hall–Kier alpha value is -3.00. The zero-order valence-corrected chi connectivity index (χ0v) is 19.5. The zero-order chi connectivity index (χ0) is 22.9. The van der Waals surface area contributed by atoms with E-state index in [-0.39, 0.29) is 18.2 Å². The predicted molar refractivity (Wildman–Crippen MR) is 133 cm³/mol. The minimum atomic E-state index is -0.144. The molecule has 1 aliphatic heterocycles. The van der Waals surface area contributed by atoms with Crippen molar-refractivity contribution < 1.29 is 9.59 Å². The highest BCUT2D eigenvalue weighted by Crippen LogP contribution is 2.14. The Morgan fingerprint density at radius 1 is 0.818 bits per heavy atom. The Morgan fingerprint density at radius 2 is 1.45 bits per heavy atom. The van der Waals surface area contributed by atoms with Gasteiger partial charge >= 0.3 is 0 Å². The van der Waals surface area contributed by atoms with Crippen LogP contribution in [0.3, 0.4) is 0 Å². The first-order valence-corrected chi connectivity index (χ1v) is 12.3. The lowest BCUT2D eigenvalue weighted by Gasteiger charge is -2.34. The van der Waals surface area contributed by atoms with Crippen LogP contribution in [0.2, 0.25) is 0 Å². The molecule has 1 aromatic heterocycles. The molecule has 1 fully saturated rings. The van der Waals surface area contributed by atoms with E-state index in [9.17, 15) is 9.59 Å². The fourth-order valence-corrected chi connectivity index (χ4v) is 4.54. The number of thiophene rings is 1. The van der Waals surface area contributed by atoms with E-state index in [1.165, 1.54) is 22.5 Å². The van der Waals surface area contributed by atoms with Gasteiger partial charge in [0.1, 0.15) is 0 Å². The normalized spacial score (nSPS) is 14.7. The predicted octanol–water partition coefficient (Wildman–Crippen LogP) is 3.82. The average molecular weight is 463 g/mol. The highest BCUT2D eigenvalue weighted by Gasteiger charge is 2.17. The molecule has 2 heterocycles. The fourth-order valence-electron chi connectivity index (χ4n) is 3.91. The molecule has 3 aromatic rings. The van der Waals surface area contributed by atoms with Crippen molar-refractivity contribution in [3.8, 4) is 0 Å². The second-order valence-electron chi connectivity index (χ2n) is 8.30. The summed E-state index contributed by atoms with van der Waals surface area (Å²) in [6.07, 6.45) is 0.241. The summed E-state index contributed by atoms with van der Waals surface area (Å²) in [6.45, 7) is 6.51. The van der Waals surface area contributed by atoms with Gasteiger partial charge in [-0.2, -0.15) is 11.3 Å². The molecule has 6 nitrogen and oxygen atoms in total. The molecule has 2 N–H and O–H groups in total. The molecule has 0 atom stereocenters. The number of anilines is 1. The number of carbonyl (C=O) groups is 2. The lowest BCUT2D eigenvalue weighted by atomic mass is 10.1. The summed E-state index contributed by atoms with van der Waals surface area (Å²) in [7, 11) is 0. The van der Waals surface area contributed by atoms with Crippen LogP contribution in [0.15, 0.2) is 71.4 Å². The lowest BCUT2D eigenvalue weighted by molar-refractivity contribution is -0.116. The molecule has 1 saturated heterocycles. The van der Waals surface area contributed by atoms with E-state index >= 15 is 0 Å². The summed E-state index contributed by atoms with van der Waals surface area (Å²) in [5.74, 6) is -0.253. The van der Waals surface area contributed by atoms with Gasteiger partial charge in [-0.25, -0.2) is 0 Å². The molecule has 1 aliphatic rings. The second-order valence-corrected chi connectivity index (χ2v) is 9.08. The third-order valence-electron chi connectivity index (χ3n) is 5.78. The van der Waals surface area contributed by atoms with Crippen LogP contribution in [0.1, 0.15) is 27.9 Å². The minimum absolute atomic E-state index is 0.108. The number of benzene rings is 2. The molecule has 7 heteroatoms. The Morgan fingerprint density at radius 3 is 2.06 bits per heavy atom. The first-order chi connectivity index (χ1) is 16.2. The van der Waals surface area contributed by atoms with E-state index in [0.29, 0.717) is 12.1 Å².